The van der Waals surface area contributed by atoms with Gasteiger partial charge in [-0.2, -0.15) is 0 Å². The van der Waals surface area contributed by atoms with Crippen molar-refractivity contribution < 1.29 is 14.3 Å². The van der Waals surface area contributed by atoms with Crippen LogP contribution in [-0.4, -0.2) is 27.9 Å². The lowest BCUT2D eigenvalue weighted by Crippen LogP contribution is -2.37. The van der Waals surface area contributed by atoms with Gasteiger partial charge in [0, 0.05) is 11.2 Å². The van der Waals surface area contributed by atoms with Crippen molar-refractivity contribution in [3.8, 4) is 0 Å². The molecular weight excluding hydrogens is 370 g/mol. The second kappa shape index (κ2) is 7.58. The Bertz CT molecular complexity index is 1110. The van der Waals surface area contributed by atoms with Crippen molar-refractivity contribution in [2.45, 2.75) is 19.9 Å². The molecule has 0 spiro atoms. The van der Waals surface area contributed by atoms with Crippen LogP contribution in [0.5, 0.6) is 0 Å². The van der Waals surface area contributed by atoms with E-state index in [2.05, 4.69) is 4.98 Å². The largest absolute Gasteiger partial charge is 0.453 e. The number of carbonyl (C=O) groups is 2. The number of ketones is 1. The van der Waals surface area contributed by atoms with Gasteiger partial charge in [0.05, 0.1) is 0 Å². The number of aromatic nitrogens is 2. The van der Waals surface area contributed by atoms with Gasteiger partial charge in [-0.25, -0.2) is 9.59 Å². The molecule has 1 aromatic carbocycles. The number of nitrogens with two attached hydrogens (primary N) is 1. The van der Waals surface area contributed by atoms with Crippen LogP contribution in [0, 0.1) is 0 Å². The summed E-state index contributed by atoms with van der Waals surface area (Å²) in [4.78, 5) is 50.8. The summed E-state index contributed by atoms with van der Waals surface area (Å²) >= 11 is 1.25. The Morgan fingerprint density at radius 2 is 2.00 bits per heavy atom. The summed E-state index contributed by atoms with van der Waals surface area (Å²) in [5.41, 5.74) is 3.86. The molecule has 3 aromatic rings. The van der Waals surface area contributed by atoms with Gasteiger partial charge in [0.15, 0.2) is 6.61 Å². The molecule has 0 unspecified atom stereocenters. The summed E-state index contributed by atoms with van der Waals surface area (Å²) in [5, 5.41) is 0.896. The number of thiophene rings is 1. The van der Waals surface area contributed by atoms with Crippen molar-refractivity contribution in [1.82, 2.24) is 9.55 Å². The average Bonchev–Trinajstić information content (AvgIpc) is 3.07. The molecule has 0 aliphatic rings. The summed E-state index contributed by atoms with van der Waals surface area (Å²) in [7, 11) is 0. The van der Waals surface area contributed by atoms with Crippen LogP contribution >= 0.6 is 11.3 Å². The molecule has 0 saturated heterocycles. The van der Waals surface area contributed by atoms with Crippen LogP contribution in [0.25, 0.3) is 10.1 Å². The van der Waals surface area contributed by atoms with Crippen molar-refractivity contribution >= 4 is 39.0 Å². The van der Waals surface area contributed by atoms with Gasteiger partial charge >= 0.3 is 11.7 Å². The Kier molecular flexibility index (Phi) is 5.22. The van der Waals surface area contributed by atoms with Crippen molar-refractivity contribution in [3.05, 3.63) is 61.6 Å². The summed E-state index contributed by atoms with van der Waals surface area (Å²) in [6.45, 7) is 1.43. The zero-order valence-electron chi connectivity index (χ0n) is 14.5. The third-order valence-electron chi connectivity index (χ3n) is 3.93. The molecule has 9 heteroatoms. The molecule has 2 heterocycles. The molecule has 3 rings (SSSR count). The number of esters is 1. The number of nitrogens with one attached hydrogen (secondary N) is 1. The molecule has 0 saturated carbocycles. The van der Waals surface area contributed by atoms with E-state index in [1.807, 2.05) is 31.2 Å². The number of fused-ring (bicyclic) bond motifs is 1. The summed E-state index contributed by atoms with van der Waals surface area (Å²) < 4.78 is 7.07. The van der Waals surface area contributed by atoms with Gasteiger partial charge in [-0.15, -0.1) is 11.3 Å². The van der Waals surface area contributed by atoms with E-state index in [1.54, 1.807) is 6.07 Å². The number of ether oxygens (including phenoxy) is 1. The normalized spacial score (nSPS) is 10.9. The van der Waals surface area contributed by atoms with Crippen molar-refractivity contribution in [2.24, 2.45) is 0 Å². The first-order valence-corrected chi connectivity index (χ1v) is 9.05. The molecule has 3 N–H and O–H groups in total. The summed E-state index contributed by atoms with van der Waals surface area (Å²) in [6, 6.07) is 9.13. The van der Waals surface area contributed by atoms with Gasteiger partial charge in [-0.1, -0.05) is 25.1 Å². The van der Waals surface area contributed by atoms with E-state index in [0.717, 1.165) is 14.7 Å². The number of rotatable bonds is 6. The Hall–Kier alpha value is -3.20. The number of anilines is 1. The molecule has 140 valence electrons. The van der Waals surface area contributed by atoms with Crippen LogP contribution in [0.15, 0.2) is 39.9 Å². The van der Waals surface area contributed by atoms with Crippen LogP contribution in [0.1, 0.15) is 33.4 Å². The highest BCUT2D eigenvalue weighted by atomic mass is 32.1. The van der Waals surface area contributed by atoms with E-state index in [1.165, 1.54) is 11.3 Å². The van der Waals surface area contributed by atoms with E-state index >= 15 is 0 Å². The number of hydrogen-bond donors (Lipinski definition) is 2. The van der Waals surface area contributed by atoms with Crippen molar-refractivity contribution in [2.75, 3.05) is 12.3 Å². The number of nitrogens with zero attached hydrogens (tertiary/aromatic N) is 1. The van der Waals surface area contributed by atoms with E-state index in [9.17, 15) is 19.2 Å². The standard InChI is InChI=1S/C18H17N3O5S/c1-2-7-21-15(19)14(16(23)20-18(21)25)11(22)9-26-17(24)13-8-10-5-3-4-6-12(10)27-13/h3-6,8H,2,7,9,19H2,1H3,(H,20,23,25). The predicted octanol–water partition coefficient (Wildman–Crippen LogP) is 1.78. The lowest BCUT2D eigenvalue weighted by atomic mass is 10.2. The van der Waals surface area contributed by atoms with Crippen LogP contribution in [-0.2, 0) is 11.3 Å². The second-order valence-corrected chi connectivity index (χ2v) is 6.90. The molecule has 27 heavy (non-hydrogen) atoms. The molecule has 0 bridgehead atoms. The lowest BCUT2D eigenvalue weighted by molar-refractivity contribution is 0.0479. The zero-order chi connectivity index (χ0) is 19.6. The molecule has 0 atom stereocenters. The van der Waals surface area contributed by atoms with Gasteiger partial charge < -0.3 is 10.5 Å². The Balaban J connectivity index is 1.79. The summed E-state index contributed by atoms with van der Waals surface area (Å²) in [5.74, 6) is -1.66. The highest BCUT2D eigenvalue weighted by Crippen LogP contribution is 2.25. The first-order valence-electron chi connectivity index (χ1n) is 8.24. The highest BCUT2D eigenvalue weighted by Gasteiger charge is 2.21. The molecule has 0 radical (unpaired) electrons. The number of carbonyl (C=O) groups excluding carboxylic acids is 2. The Labute approximate surface area is 157 Å². The van der Waals surface area contributed by atoms with Gasteiger partial charge in [0.2, 0.25) is 5.78 Å². The average molecular weight is 387 g/mol. The SMILES string of the molecule is CCCn1c(N)c(C(=O)COC(=O)c2cc3ccccc3s2)c(=O)[nH]c1=O. The van der Waals surface area contributed by atoms with E-state index in [-0.39, 0.29) is 17.9 Å². The first kappa shape index (κ1) is 18.6. The van der Waals surface area contributed by atoms with Gasteiger partial charge in [-0.3, -0.25) is 19.1 Å². The van der Waals surface area contributed by atoms with Crippen LogP contribution in [0.2, 0.25) is 0 Å². The minimum Gasteiger partial charge on any atom is -0.453 e. The fourth-order valence-electron chi connectivity index (χ4n) is 2.66. The maximum atomic E-state index is 12.4. The highest BCUT2D eigenvalue weighted by molar-refractivity contribution is 7.20. The number of nitrogen functional groups attached to an aromatic ring is 1. The molecular formula is C18H17N3O5S. The molecule has 0 aliphatic carbocycles. The maximum Gasteiger partial charge on any atom is 0.348 e. The fourth-order valence-corrected chi connectivity index (χ4v) is 3.62. The van der Waals surface area contributed by atoms with Crippen LogP contribution < -0.4 is 17.0 Å². The van der Waals surface area contributed by atoms with Gasteiger partial charge in [0.25, 0.3) is 5.56 Å². The first-order chi connectivity index (χ1) is 12.9. The molecule has 2 aromatic heterocycles. The van der Waals surface area contributed by atoms with Crippen LogP contribution in [0.3, 0.4) is 0 Å². The summed E-state index contributed by atoms with van der Waals surface area (Å²) in [6.07, 6.45) is 0.588. The number of hydrogen-bond acceptors (Lipinski definition) is 7. The van der Waals surface area contributed by atoms with Crippen LogP contribution in [0.4, 0.5) is 5.82 Å². The molecule has 0 fully saturated rings. The van der Waals surface area contributed by atoms with Crippen molar-refractivity contribution in [1.29, 1.82) is 0 Å². The predicted molar refractivity (Wildman–Crippen MR) is 102 cm³/mol. The Morgan fingerprint density at radius 1 is 1.26 bits per heavy atom. The van der Waals surface area contributed by atoms with Gasteiger partial charge in [-0.05, 0) is 23.9 Å². The fraction of sp³-hybridized carbons (Fsp3) is 0.222. The number of aromatic amines is 1. The lowest BCUT2D eigenvalue weighted by Gasteiger charge is -2.11. The minimum absolute atomic E-state index is 0.228. The van der Waals surface area contributed by atoms with Gasteiger partial charge in [0.1, 0.15) is 16.3 Å². The maximum absolute atomic E-state index is 12.4. The van der Waals surface area contributed by atoms with E-state index < -0.39 is 29.6 Å². The van der Waals surface area contributed by atoms with Crippen molar-refractivity contribution in [3.63, 3.8) is 0 Å². The molecule has 0 amide bonds. The molecule has 8 nitrogen and oxygen atoms in total. The smallest absolute Gasteiger partial charge is 0.348 e. The van der Waals surface area contributed by atoms with E-state index in [0.29, 0.717) is 11.3 Å². The third-order valence-corrected chi connectivity index (χ3v) is 5.02. The third kappa shape index (κ3) is 3.68. The zero-order valence-corrected chi connectivity index (χ0v) is 15.3. The number of benzene rings is 1. The van der Waals surface area contributed by atoms with E-state index in [4.69, 9.17) is 10.5 Å². The Morgan fingerprint density at radius 3 is 2.70 bits per heavy atom. The monoisotopic (exact) mass is 387 g/mol. The second-order valence-electron chi connectivity index (χ2n) is 5.82. The number of H-pyrrole nitrogens is 1. The number of Topliss-reactive ketones (excluding diaryl/α,β-unsaturated/α-hetero) is 1. The topological polar surface area (TPSA) is 124 Å². The minimum atomic E-state index is -0.896. The molecule has 0 aliphatic heterocycles. The quantitative estimate of drug-likeness (QED) is 0.491.